The zero-order chi connectivity index (χ0) is 19.3. The van der Waals surface area contributed by atoms with Gasteiger partial charge in [-0.05, 0) is 46.0 Å². The van der Waals surface area contributed by atoms with E-state index < -0.39 is 23.2 Å². The normalized spacial score (nSPS) is 23.9. The van der Waals surface area contributed by atoms with Gasteiger partial charge < -0.3 is 14.6 Å². The predicted octanol–water partition coefficient (Wildman–Crippen LogP) is 3.95. The first kappa shape index (κ1) is 22.2. The van der Waals surface area contributed by atoms with Crippen molar-refractivity contribution in [3.63, 3.8) is 0 Å². The predicted molar refractivity (Wildman–Crippen MR) is 99.9 cm³/mol. The molecular weight excluding hydrogens is 316 g/mol. The van der Waals surface area contributed by atoms with Gasteiger partial charge in [-0.2, -0.15) is 0 Å². The minimum atomic E-state index is -0.671. The maximum Gasteiger partial charge on any atom is 0.163 e. The molecule has 0 spiro atoms. The fourth-order valence-electron chi connectivity index (χ4n) is 3.56. The van der Waals surface area contributed by atoms with Crippen LogP contribution in [0.4, 0.5) is 0 Å². The smallest absolute Gasteiger partial charge is 0.163 e. The Bertz CT molecular complexity index is 498. The first-order valence-corrected chi connectivity index (χ1v) is 9.46. The van der Waals surface area contributed by atoms with Crippen LogP contribution in [0.15, 0.2) is 0 Å². The van der Waals surface area contributed by atoms with E-state index in [4.69, 9.17) is 9.47 Å². The minimum Gasteiger partial charge on any atom is -0.392 e. The summed E-state index contributed by atoms with van der Waals surface area (Å²) in [5.41, 5.74) is -0.658. The summed E-state index contributed by atoms with van der Waals surface area (Å²) in [5.74, 6) is 4.96. The minimum absolute atomic E-state index is 0.0582. The first-order valence-electron chi connectivity index (χ1n) is 9.46. The standard InChI is InChI=1S/C21H36O4/c1-8-9-10-11-12-15(2)18(22)16(3)19(23)20(4,5)17-13-14-24-21(6,7)25-17/h15-18,22H,10-14H2,1-7H3/t15-,16+,17-,18-/m0/s1. The van der Waals surface area contributed by atoms with Crippen molar-refractivity contribution in [1.29, 1.82) is 0 Å². The lowest BCUT2D eigenvalue weighted by Crippen LogP contribution is -2.51. The van der Waals surface area contributed by atoms with Crippen LogP contribution in [0, 0.1) is 29.1 Å². The molecule has 1 N–H and O–H groups in total. The molecule has 0 unspecified atom stereocenters. The molecule has 1 saturated heterocycles. The van der Waals surface area contributed by atoms with Crippen LogP contribution >= 0.6 is 0 Å². The molecule has 0 radical (unpaired) electrons. The van der Waals surface area contributed by atoms with Crippen LogP contribution in [-0.2, 0) is 14.3 Å². The van der Waals surface area contributed by atoms with Crippen LogP contribution in [0.5, 0.6) is 0 Å². The van der Waals surface area contributed by atoms with Crippen molar-refractivity contribution in [2.24, 2.45) is 17.3 Å². The second-order valence-electron chi connectivity index (χ2n) is 8.30. The number of carbonyl (C=O) groups is 1. The molecule has 4 nitrogen and oxygen atoms in total. The summed E-state index contributed by atoms with van der Waals surface area (Å²) in [5, 5.41) is 10.7. The number of hydrogen-bond acceptors (Lipinski definition) is 4. The van der Waals surface area contributed by atoms with E-state index in [-0.39, 0.29) is 17.8 Å². The van der Waals surface area contributed by atoms with Crippen LogP contribution in [0.1, 0.15) is 74.1 Å². The van der Waals surface area contributed by atoms with Crippen LogP contribution in [0.2, 0.25) is 0 Å². The van der Waals surface area contributed by atoms with Gasteiger partial charge in [0, 0.05) is 12.3 Å². The highest BCUT2D eigenvalue weighted by atomic mass is 16.7. The number of Topliss-reactive ketones (excluding diaryl/α,β-unsaturated/α-hetero) is 1. The Morgan fingerprint density at radius 1 is 1.36 bits per heavy atom. The number of rotatable bonds is 8. The number of aliphatic hydroxyl groups is 1. The Morgan fingerprint density at radius 2 is 2.00 bits per heavy atom. The molecule has 1 heterocycles. The van der Waals surface area contributed by atoms with Gasteiger partial charge in [0.05, 0.1) is 24.2 Å². The summed E-state index contributed by atoms with van der Waals surface area (Å²) >= 11 is 0. The second-order valence-corrected chi connectivity index (χ2v) is 8.30. The molecule has 1 rings (SSSR count). The summed E-state index contributed by atoms with van der Waals surface area (Å²) in [6.45, 7) is 13.9. The van der Waals surface area contributed by atoms with Crippen LogP contribution in [0.25, 0.3) is 0 Å². The molecule has 0 aromatic heterocycles. The van der Waals surface area contributed by atoms with Crippen molar-refractivity contribution in [3.8, 4) is 11.8 Å². The van der Waals surface area contributed by atoms with E-state index in [0.717, 1.165) is 19.3 Å². The maximum absolute atomic E-state index is 13.1. The van der Waals surface area contributed by atoms with Gasteiger partial charge in [0.2, 0.25) is 0 Å². The Hall–Kier alpha value is -0.890. The SMILES string of the molecule is CC#CCCC[C@H](C)[C@H](O)[C@@H](C)C(=O)C(C)(C)[C@@H]1CCOC(C)(C)O1. The molecule has 144 valence electrons. The van der Waals surface area contributed by atoms with Gasteiger partial charge in [0.25, 0.3) is 0 Å². The third-order valence-corrected chi connectivity index (χ3v) is 5.34. The van der Waals surface area contributed by atoms with E-state index in [1.54, 1.807) is 0 Å². The molecule has 0 bridgehead atoms. The topological polar surface area (TPSA) is 55.8 Å². The highest BCUT2D eigenvalue weighted by molar-refractivity contribution is 5.87. The van der Waals surface area contributed by atoms with E-state index in [2.05, 4.69) is 11.8 Å². The molecule has 4 heteroatoms. The van der Waals surface area contributed by atoms with Crippen molar-refractivity contribution in [3.05, 3.63) is 0 Å². The molecular formula is C21H36O4. The third-order valence-electron chi connectivity index (χ3n) is 5.34. The average molecular weight is 353 g/mol. The summed E-state index contributed by atoms with van der Waals surface area (Å²) in [7, 11) is 0. The zero-order valence-electron chi connectivity index (χ0n) is 17.0. The lowest BCUT2D eigenvalue weighted by Gasteiger charge is -2.44. The molecule has 25 heavy (non-hydrogen) atoms. The van der Waals surface area contributed by atoms with Crippen LogP contribution in [0.3, 0.4) is 0 Å². The highest BCUT2D eigenvalue weighted by Crippen LogP contribution is 2.37. The van der Waals surface area contributed by atoms with Gasteiger partial charge >= 0.3 is 0 Å². The van der Waals surface area contributed by atoms with Gasteiger partial charge in [-0.25, -0.2) is 0 Å². The van der Waals surface area contributed by atoms with E-state index >= 15 is 0 Å². The number of ether oxygens (including phenoxy) is 2. The van der Waals surface area contributed by atoms with Gasteiger partial charge in [-0.3, -0.25) is 4.79 Å². The van der Waals surface area contributed by atoms with Crippen LogP contribution < -0.4 is 0 Å². The molecule has 4 atom stereocenters. The Morgan fingerprint density at radius 3 is 2.56 bits per heavy atom. The van der Waals surface area contributed by atoms with Gasteiger partial charge in [-0.15, -0.1) is 11.8 Å². The van der Waals surface area contributed by atoms with E-state index in [1.165, 1.54) is 0 Å². The molecule has 1 aliphatic heterocycles. The van der Waals surface area contributed by atoms with Crippen LogP contribution in [-0.4, -0.2) is 35.5 Å². The summed E-state index contributed by atoms with van der Waals surface area (Å²) in [4.78, 5) is 13.1. The average Bonchev–Trinajstić information content (AvgIpc) is 2.55. The van der Waals surface area contributed by atoms with Gasteiger partial charge in [0.1, 0.15) is 5.78 Å². The van der Waals surface area contributed by atoms with Gasteiger partial charge in [0.15, 0.2) is 5.79 Å². The highest BCUT2D eigenvalue weighted by Gasteiger charge is 2.45. The molecule has 0 aromatic rings. The van der Waals surface area contributed by atoms with Crippen molar-refractivity contribution in [2.75, 3.05) is 6.61 Å². The fourth-order valence-corrected chi connectivity index (χ4v) is 3.56. The zero-order valence-corrected chi connectivity index (χ0v) is 17.0. The lowest BCUT2D eigenvalue weighted by molar-refractivity contribution is -0.289. The molecule has 1 fully saturated rings. The lowest BCUT2D eigenvalue weighted by atomic mass is 9.72. The molecule has 1 aliphatic rings. The number of hydrogen-bond donors (Lipinski definition) is 1. The van der Waals surface area contributed by atoms with Crippen molar-refractivity contribution in [2.45, 2.75) is 92.1 Å². The molecule has 0 aromatic carbocycles. The summed E-state index contributed by atoms with van der Waals surface area (Å²) < 4.78 is 11.6. The van der Waals surface area contributed by atoms with Crippen molar-refractivity contribution >= 4 is 5.78 Å². The second kappa shape index (κ2) is 9.16. The maximum atomic E-state index is 13.1. The van der Waals surface area contributed by atoms with Crippen molar-refractivity contribution in [1.82, 2.24) is 0 Å². The Labute approximate surface area is 153 Å². The quantitative estimate of drug-likeness (QED) is 0.531. The number of ketones is 1. The number of aliphatic hydroxyl groups excluding tert-OH is 1. The number of carbonyl (C=O) groups excluding carboxylic acids is 1. The fraction of sp³-hybridized carbons (Fsp3) is 0.857. The van der Waals surface area contributed by atoms with Crippen molar-refractivity contribution < 1.29 is 19.4 Å². The van der Waals surface area contributed by atoms with E-state index in [0.29, 0.717) is 13.0 Å². The summed E-state index contributed by atoms with van der Waals surface area (Å²) in [6, 6.07) is 0. The largest absolute Gasteiger partial charge is 0.392 e. The first-order chi connectivity index (χ1) is 11.5. The monoisotopic (exact) mass is 352 g/mol. The van der Waals surface area contributed by atoms with Gasteiger partial charge in [-0.1, -0.05) is 27.7 Å². The molecule has 0 aliphatic carbocycles. The molecule has 0 amide bonds. The summed E-state index contributed by atoms with van der Waals surface area (Å²) in [6.07, 6.45) is 2.50. The van der Waals surface area contributed by atoms with E-state index in [1.807, 2.05) is 48.5 Å². The number of unbranched alkanes of at least 4 members (excludes halogenated alkanes) is 1. The Kier molecular flexibility index (Phi) is 8.12. The third kappa shape index (κ3) is 6.09. The van der Waals surface area contributed by atoms with E-state index in [9.17, 15) is 9.90 Å². The molecule has 0 saturated carbocycles. The Balaban J connectivity index is 2.69.